The zero-order valence-electron chi connectivity index (χ0n) is 10.6. The summed E-state index contributed by atoms with van der Waals surface area (Å²) in [5, 5.41) is 12.4. The van der Waals surface area contributed by atoms with E-state index in [2.05, 4.69) is 10.2 Å². The lowest BCUT2D eigenvalue weighted by molar-refractivity contribution is 0.119. The van der Waals surface area contributed by atoms with Crippen molar-refractivity contribution in [2.45, 2.75) is 6.54 Å². The van der Waals surface area contributed by atoms with E-state index in [1.54, 1.807) is 12.1 Å². The van der Waals surface area contributed by atoms with Gasteiger partial charge >= 0.3 is 0 Å². The number of phenolic OH excluding ortho intramolecular Hbond substituents is 1. The zero-order chi connectivity index (χ0) is 12.5. The molecular formula is C13H22N2O2. The molecule has 0 radical (unpaired) electrons. The molecule has 0 aromatic heterocycles. The third-order valence-electron chi connectivity index (χ3n) is 2.37. The van der Waals surface area contributed by atoms with Gasteiger partial charge in [0.2, 0.25) is 0 Å². The van der Waals surface area contributed by atoms with Crippen molar-refractivity contribution in [1.29, 1.82) is 0 Å². The Bertz CT molecular complexity index is 299. The summed E-state index contributed by atoms with van der Waals surface area (Å²) in [4.78, 5) is 2.10. The summed E-state index contributed by atoms with van der Waals surface area (Å²) >= 11 is 0. The van der Waals surface area contributed by atoms with E-state index >= 15 is 0 Å². The third kappa shape index (κ3) is 6.94. The minimum Gasteiger partial charge on any atom is -0.508 e. The molecule has 0 saturated carbocycles. The second kappa shape index (κ2) is 8.06. The fourth-order valence-corrected chi connectivity index (χ4v) is 1.34. The molecule has 0 unspecified atom stereocenters. The number of rotatable bonds is 8. The highest BCUT2D eigenvalue weighted by molar-refractivity contribution is 5.25. The highest BCUT2D eigenvalue weighted by Gasteiger charge is 1.94. The molecule has 4 heteroatoms. The number of hydrogen-bond acceptors (Lipinski definition) is 4. The summed E-state index contributed by atoms with van der Waals surface area (Å²) in [6, 6.07) is 7.22. The maximum absolute atomic E-state index is 9.13. The van der Waals surface area contributed by atoms with Crippen molar-refractivity contribution in [3.8, 4) is 5.75 Å². The monoisotopic (exact) mass is 238 g/mol. The molecule has 0 amide bonds. The van der Waals surface area contributed by atoms with Crippen molar-refractivity contribution >= 4 is 0 Å². The Morgan fingerprint density at radius 2 is 1.88 bits per heavy atom. The maximum Gasteiger partial charge on any atom is 0.115 e. The van der Waals surface area contributed by atoms with E-state index in [9.17, 15) is 0 Å². The summed E-state index contributed by atoms with van der Waals surface area (Å²) < 4.78 is 5.46. The predicted octanol–water partition coefficient (Wildman–Crippen LogP) is 1.06. The van der Waals surface area contributed by atoms with Crippen LogP contribution in [0.25, 0.3) is 0 Å². The van der Waals surface area contributed by atoms with Crippen molar-refractivity contribution < 1.29 is 9.84 Å². The molecule has 96 valence electrons. The van der Waals surface area contributed by atoms with Gasteiger partial charge in [0.1, 0.15) is 5.75 Å². The molecule has 0 heterocycles. The topological polar surface area (TPSA) is 44.7 Å². The van der Waals surface area contributed by atoms with Gasteiger partial charge in [0.15, 0.2) is 0 Å². The molecule has 0 aliphatic heterocycles. The number of ether oxygens (including phenoxy) is 1. The van der Waals surface area contributed by atoms with Crippen LogP contribution in [0, 0.1) is 0 Å². The van der Waals surface area contributed by atoms with Gasteiger partial charge in [-0.05, 0) is 31.8 Å². The van der Waals surface area contributed by atoms with Crippen LogP contribution in [-0.2, 0) is 11.3 Å². The highest BCUT2D eigenvalue weighted by Crippen LogP contribution is 2.08. The summed E-state index contributed by atoms with van der Waals surface area (Å²) in [5.41, 5.74) is 1.16. The van der Waals surface area contributed by atoms with Crippen molar-refractivity contribution in [2.24, 2.45) is 0 Å². The smallest absolute Gasteiger partial charge is 0.115 e. The van der Waals surface area contributed by atoms with Crippen LogP contribution < -0.4 is 5.32 Å². The first-order chi connectivity index (χ1) is 8.18. The maximum atomic E-state index is 9.13. The van der Waals surface area contributed by atoms with E-state index < -0.39 is 0 Å². The van der Waals surface area contributed by atoms with Crippen LogP contribution in [-0.4, -0.2) is 50.4 Å². The minimum absolute atomic E-state index is 0.306. The molecule has 0 saturated heterocycles. The molecule has 1 aromatic rings. The molecule has 4 nitrogen and oxygen atoms in total. The van der Waals surface area contributed by atoms with Crippen molar-refractivity contribution in [2.75, 3.05) is 40.4 Å². The van der Waals surface area contributed by atoms with Crippen LogP contribution in [0.2, 0.25) is 0 Å². The van der Waals surface area contributed by atoms with Crippen molar-refractivity contribution in [3.05, 3.63) is 29.8 Å². The number of phenols is 1. The average Bonchev–Trinajstić information content (AvgIpc) is 2.30. The van der Waals surface area contributed by atoms with Crippen molar-refractivity contribution in [1.82, 2.24) is 10.2 Å². The Morgan fingerprint density at radius 1 is 1.18 bits per heavy atom. The van der Waals surface area contributed by atoms with Crippen LogP contribution in [0.3, 0.4) is 0 Å². The normalized spacial score (nSPS) is 11.0. The van der Waals surface area contributed by atoms with E-state index in [0.717, 1.165) is 38.4 Å². The number of likely N-dealkylation sites (N-methyl/N-ethyl adjacent to an activating group) is 1. The largest absolute Gasteiger partial charge is 0.508 e. The molecule has 0 atom stereocenters. The summed E-state index contributed by atoms with van der Waals surface area (Å²) in [5.74, 6) is 0.306. The first-order valence-corrected chi connectivity index (χ1v) is 5.89. The van der Waals surface area contributed by atoms with Gasteiger partial charge in [0, 0.05) is 19.6 Å². The van der Waals surface area contributed by atoms with Crippen LogP contribution in [0.15, 0.2) is 24.3 Å². The zero-order valence-corrected chi connectivity index (χ0v) is 10.6. The second-order valence-corrected chi connectivity index (χ2v) is 4.26. The molecule has 1 aromatic carbocycles. The summed E-state index contributed by atoms with van der Waals surface area (Å²) in [6.45, 7) is 4.10. The number of nitrogens with zero attached hydrogens (tertiary/aromatic N) is 1. The quantitative estimate of drug-likeness (QED) is 0.665. The van der Waals surface area contributed by atoms with E-state index in [0.29, 0.717) is 5.75 Å². The second-order valence-electron chi connectivity index (χ2n) is 4.26. The van der Waals surface area contributed by atoms with Crippen LogP contribution in [0.1, 0.15) is 5.56 Å². The first kappa shape index (κ1) is 14.0. The van der Waals surface area contributed by atoms with Gasteiger partial charge in [-0.15, -0.1) is 0 Å². The van der Waals surface area contributed by atoms with Gasteiger partial charge in [-0.25, -0.2) is 0 Å². The fraction of sp³-hybridized carbons (Fsp3) is 0.538. The SMILES string of the molecule is CN(C)CCOCCNCc1ccc(O)cc1. The molecule has 0 aliphatic carbocycles. The lowest BCUT2D eigenvalue weighted by Gasteiger charge is -2.10. The summed E-state index contributed by atoms with van der Waals surface area (Å²) in [6.07, 6.45) is 0. The molecule has 17 heavy (non-hydrogen) atoms. The number of hydrogen-bond donors (Lipinski definition) is 2. The van der Waals surface area contributed by atoms with E-state index in [1.165, 1.54) is 0 Å². The van der Waals surface area contributed by atoms with Crippen molar-refractivity contribution in [3.63, 3.8) is 0 Å². The van der Waals surface area contributed by atoms with Crippen LogP contribution in [0.4, 0.5) is 0 Å². The predicted molar refractivity (Wildman–Crippen MR) is 69.2 cm³/mol. The number of benzene rings is 1. The Hall–Kier alpha value is -1.10. The molecular weight excluding hydrogens is 216 g/mol. The van der Waals surface area contributed by atoms with Gasteiger partial charge in [0.25, 0.3) is 0 Å². The molecule has 1 rings (SSSR count). The van der Waals surface area contributed by atoms with E-state index in [4.69, 9.17) is 9.84 Å². The third-order valence-corrected chi connectivity index (χ3v) is 2.37. The minimum atomic E-state index is 0.306. The van der Waals surface area contributed by atoms with Gasteiger partial charge in [-0.2, -0.15) is 0 Å². The molecule has 0 bridgehead atoms. The highest BCUT2D eigenvalue weighted by atomic mass is 16.5. The Balaban J connectivity index is 1.99. The van der Waals surface area contributed by atoms with Crippen LogP contribution in [0.5, 0.6) is 5.75 Å². The number of nitrogens with one attached hydrogen (secondary N) is 1. The summed E-state index contributed by atoms with van der Waals surface area (Å²) in [7, 11) is 4.07. The lowest BCUT2D eigenvalue weighted by atomic mass is 10.2. The van der Waals surface area contributed by atoms with Gasteiger partial charge < -0.3 is 20.1 Å². The Labute approximate surface area is 103 Å². The fourth-order valence-electron chi connectivity index (χ4n) is 1.34. The molecule has 0 fully saturated rings. The molecule has 0 spiro atoms. The molecule has 0 aliphatic rings. The van der Waals surface area contributed by atoms with Crippen LogP contribution >= 0.6 is 0 Å². The first-order valence-electron chi connectivity index (χ1n) is 5.89. The Kier molecular flexibility index (Phi) is 6.62. The lowest BCUT2D eigenvalue weighted by Crippen LogP contribution is -2.23. The Morgan fingerprint density at radius 3 is 2.53 bits per heavy atom. The van der Waals surface area contributed by atoms with Gasteiger partial charge in [-0.3, -0.25) is 0 Å². The van der Waals surface area contributed by atoms with Gasteiger partial charge in [-0.1, -0.05) is 12.1 Å². The van der Waals surface area contributed by atoms with E-state index in [-0.39, 0.29) is 0 Å². The molecule has 2 N–H and O–H groups in total. The van der Waals surface area contributed by atoms with Gasteiger partial charge in [0.05, 0.1) is 13.2 Å². The number of aromatic hydroxyl groups is 1. The average molecular weight is 238 g/mol. The standard InChI is InChI=1S/C13H22N2O2/c1-15(2)8-10-17-9-7-14-11-12-3-5-13(16)6-4-12/h3-6,14,16H,7-11H2,1-2H3. The van der Waals surface area contributed by atoms with E-state index in [1.807, 2.05) is 26.2 Å².